The molecule has 0 unspecified atom stereocenters. The molecule has 3 aromatic carbocycles. The van der Waals surface area contributed by atoms with Gasteiger partial charge in [0.2, 0.25) is 11.7 Å². The Morgan fingerprint density at radius 3 is 2.59 bits per heavy atom. The molecule has 1 N–H and O–H groups in total. The van der Waals surface area contributed by atoms with E-state index in [1.807, 2.05) is 35.2 Å². The minimum atomic E-state index is -0.220. The Bertz CT molecular complexity index is 1300. The van der Waals surface area contributed by atoms with Gasteiger partial charge in [-0.3, -0.25) is 9.69 Å². The number of para-hydroxylation sites is 2. The van der Waals surface area contributed by atoms with E-state index >= 15 is 0 Å². The molecule has 39 heavy (non-hydrogen) atoms. The van der Waals surface area contributed by atoms with Crippen LogP contribution in [0.25, 0.3) is 0 Å². The summed E-state index contributed by atoms with van der Waals surface area (Å²) in [5.41, 5.74) is 1.39. The highest BCUT2D eigenvalue weighted by Crippen LogP contribution is 2.40. The van der Waals surface area contributed by atoms with Crippen molar-refractivity contribution in [3.63, 3.8) is 0 Å². The molecule has 0 saturated carbocycles. The van der Waals surface area contributed by atoms with E-state index in [9.17, 15) is 4.79 Å². The van der Waals surface area contributed by atoms with Crippen molar-refractivity contribution in [3.05, 3.63) is 65.2 Å². The highest BCUT2D eigenvalue weighted by atomic mass is 35.5. The fourth-order valence-corrected chi connectivity index (χ4v) is 4.54. The number of amides is 1. The number of fused-ring (bicyclic) bond motifs is 3. The lowest BCUT2D eigenvalue weighted by Crippen LogP contribution is -2.35. The molecule has 1 amide bonds. The molecule has 0 fully saturated rings. The van der Waals surface area contributed by atoms with E-state index in [0.717, 1.165) is 12.0 Å². The van der Waals surface area contributed by atoms with E-state index in [1.54, 1.807) is 31.4 Å². The van der Waals surface area contributed by atoms with Gasteiger partial charge in [-0.2, -0.15) is 0 Å². The maximum Gasteiger partial charge on any atom is 0.238 e. The van der Waals surface area contributed by atoms with Crippen molar-refractivity contribution in [1.29, 1.82) is 0 Å². The Kier molecular flexibility index (Phi) is 8.93. The van der Waals surface area contributed by atoms with Crippen LogP contribution in [0.15, 0.2) is 54.6 Å². The number of hydrogen-bond acceptors (Lipinski definition) is 8. The summed E-state index contributed by atoms with van der Waals surface area (Å²) in [7, 11) is 1.60. The summed E-state index contributed by atoms with van der Waals surface area (Å²) < 4.78 is 35.2. The molecule has 0 radical (unpaired) electrons. The number of anilines is 1. The second kappa shape index (κ2) is 12.9. The predicted octanol–water partition coefficient (Wildman–Crippen LogP) is 5.15. The van der Waals surface area contributed by atoms with Crippen LogP contribution in [0.2, 0.25) is 5.02 Å². The van der Waals surface area contributed by atoms with Gasteiger partial charge in [0.1, 0.15) is 6.61 Å². The minimum absolute atomic E-state index is 0.110. The highest BCUT2D eigenvalue weighted by Gasteiger charge is 2.20. The maximum absolute atomic E-state index is 13.3. The zero-order valence-electron chi connectivity index (χ0n) is 21.7. The molecule has 0 atom stereocenters. The molecule has 0 spiro atoms. The van der Waals surface area contributed by atoms with Crippen LogP contribution in [0.5, 0.6) is 34.5 Å². The van der Waals surface area contributed by atoms with Gasteiger partial charge in [0.25, 0.3) is 0 Å². The Hall–Kier alpha value is -3.66. The van der Waals surface area contributed by atoms with Crippen molar-refractivity contribution in [2.45, 2.75) is 13.0 Å². The minimum Gasteiger partial charge on any atom is -0.493 e. The Balaban J connectivity index is 1.38. The number of nitrogens with one attached hydrogen (secondary N) is 1. The number of ether oxygens (including phenoxy) is 6. The number of rotatable bonds is 3. The molecule has 2 heterocycles. The summed E-state index contributed by atoms with van der Waals surface area (Å²) in [5, 5.41) is 3.43. The molecule has 3 aromatic rings. The van der Waals surface area contributed by atoms with Gasteiger partial charge < -0.3 is 33.7 Å². The van der Waals surface area contributed by atoms with Crippen molar-refractivity contribution in [3.8, 4) is 34.5 Å². The van der Waals surface area contributed by atoms with Gasteiger partial charge in [-0.05, 0) is 48.0 Å². The van der Waals surface area contributed by atoms with Crippen molar-refractivity contribution in [1.82, 2.24) is 4.90 Å². The molecule has 9 nitrogen and oxygen atoms in total. The van der Waals surface area contributed by atoms with Crippen molar-refractivity contribution >= 4 is 23.2 Å². The Labute approximate surface area is 232 Å². The average molecular weight is 555 g/mol. The van der Waals surface area contributed by atoms with Crippen LogP contribution in [0, 0.1) is 0 Å². The standard InChI is InChI=1S/C29H31ClN2O7/c1-34-26-15-20(16-27-29(26)38-11-4-10-36-27)18-32-9-12-35-13-14-37-24-5-2-3-6-25(24)39-23-8-7-21(30)17-22(23)31-28(33)19-32/h2-3,5-8,15-17H,4,9-14,18-19H2,1H3,(H,31,33). The summed E-state index contributed by atoms with van der Waals surface area (Å²) in [5.74, 6) is 3.17. The lowest BCUT2D eigenvalue weighted by molar-refractivity contribution is -0.117. The first-order chi connectivity index (χ1) is 19.1. The fourth-order valence-electron chi connectivity index (χ4n) is 4.37. The molecule has 0 bridgehead atoms. The third kappa shape index (κ3) is 7.06. The summed E-state index contributed by atoms with van der Waals surface area (Å²) in [4.78, 5) is 15.3. The molecular formula is C29H31ClN2O7. The van der Waals surface area contributed by atoms with Gasteiger partial charge in [0, 0.05) is 24.5 Å². The second-order valence-electron chi connectivity index (χ2n) is 9.08. The molecule has 10 heteroatoms. The van der Waals surface area contributed by atoms with E-state index in [1.165, 1.54) is 0 Å². The number of carbonyl (C=O) groups is 1. The molecule has 2 aliphatic rings. The number of methoxy groups -OCH3 is 1. The number of nitrogens with zero attached hydrogens (tertiary/aromatic N) is 1. The van der Waals surface area contributed by atoms with Gasteiger partial charge in [-0.15, -0.1) is 0 Å². The normalized spacial score (nSPS) is 16.6. The average Bonchev–Trinajstić information content (AvgIpc) is 3.17. The molecule has 0 aliphatic carbocycles. The quantitative estimate of drug-likeness (QED) is 0.475. The zero-order valence-corrected chi connectivity index (χ0v) is 22.5. The van der Waals surface area contributed by atoms with Crippen LogP contribution < -0.4 is 29.0 Å². The van der Waals surface area contributed by atoms with Crippen LogP contribution in [-0.4, -0.2) is 64.0 Å². The molecule has 0 aromatic heterocycles. The number of benzene rings is 3. The largest absolute Gasteiger partial charge is 0.493 e. The van der Waals surface area contributed by atoms with Crippen molar-refractivity contribution in [2.24, 2.45) is 0 Å². The van der Waals surface area contributed by atoms with E-state index in [-0.39, 0.29) is 12.5 Å². The number of halogens is 1. The summed E-state index contributed by atoms with van der Waals surface area (Å²) in [6, 6.07) is 16.3. The topological polar surface area (TPSA) is 87.7 Å². The van der Waals surface area contributed by atoms with Crippen molar-refractivity contribution in [2.75, 3.05) is 58.6 Å². The SMILES string of the molecule is COc1cc(CN2CCOCCOc3ccccc3Oc3ccc(Cl)cc3NC(=O)C2)cc2c1OCCCO2. The maximum atomic E-state index is 13.3. The van der Waals surface area contributed by atoms with Crippen LogP contribution in [0.1, 0.15) is 12.0 Å². The third-order valence-corrected chi connectivity index (χ3v) is 6.42. The van der Waals surface area contributed by atoms with E-state index in [4.69, 9.17) is 40.0 Å². The van der Waals surface area contributed by atoms with Gasteiger partial charge in [0.05, 0.1) is 45.8 Å². The molecule has 0 saturated heterocycles. The predicted molar refractivity (Wildman–Crippen MR) is 147 cm³/mol. The van der Waals surface area contributed by atoms with Crippen LogP contribution in [-0.2, 0) is 16.1 Å². The van der Waals surface area contributed by atoms with Gasteiger partial charge in [-0.1, -0.05) is 23.7 Å². The summed E-state index contributed by atoms with van der Waals surface area (Å²) in [6.07, 6.45) is 0.792. The van der Waals surface area contributed by atoms with E-state index < -0.39 is 0 Å². The monoisotopic (exact) mass is 554 g/mol. The molecule has 206 valence electrons. The smallest absolute Gasteiger partial charge is 0.238 e. The van der Waals surface area contributed by atoms with Gasteiger partial charge in [-0.25, -0.2) is 0 Å². The van der Waals surface area contributed by atoms with Crippen LogP contribution in [0.4, 0.5) is 5.69 Å². The van der Waals surface area contributed by atoms with E-state index in [0.29, 0.717) is 91.3 Å². The number of hydrogen-bond donors (Lipinski definition) is 1. The third-order valence-electron chi connectivity index (χ3n) is 6.19. The molecule has 2 aliphatic heterocycles. The lowest BCUT2D eigenvalue weighted by Gasteiger charge is -2.23. The summed E-state index contributed by atoms with van der Waals surface area (Å²) in [6.45, 7) is 3.37. The first-order valence-electron chi connectivity index (χ1n) is 12.8. The van der Waals surface area contributed by atoms with Gasteiger partial charge >= 0.3 is 0 Å². The second-order valence-corrected chi connectivity index (χ2v) is 9.52. The van der Waals surface area contributed by atoms with E-state index in [2.05, 4.69) is 5.32 Å². The first kappa shape index (κ1) is 26.9. The summed E-state index contributed by atoms with van der Waals surface area (Å²) >= 11 is 6.26. The first-order valence-corrected chi connectivity index (χ1v) is 13.2. The highest BCUT2D eigenvalue weighted by molar-refractivity contribution is 6.31. The Morgan fingerprint density at radius 2 is 1.72 bits per heavy atom. The van der Waals surface area contributed by atoms with Gasteiger partial charge in [0.15, 0.2) is 28.7 Å². The van der Waals surface area contributed by atoms with Crippen LogP contribution >= 0.6 is 11.6 Å². The molecular weight excluding hydrogens is 524 g/mol. The molecule has 5 rings (SSSR count). The Morgan fingerprint density at radius 1 is 0.897 bits per heavy atom. The lowest BCUT2D eigenvalue weighted by atomic mass is 10.1. The zero-order chi connectivity index (χ0) is 27.0. The van der Waals surface area contributed by atoms with Crippen LogP contribution in [0.3, 0.4) is 0 Å². The van der Waals surface area contributed by atoms with Crippen molar-refractivity contribution < 1.29 is 33.2 Å². The number of carbonyl (C=O) groups excluding carboxylic acids is 1. The fraction of sp³-hybridized carbons (Fsp3) is 0.345.